The third kappa shape index (κ3) is 8.00. The van der Waals surface area contributed by atoms with E-state index in [1.807, 2.05) is 0 Å². The van der Waals surface area contributed by atoms with E-state index in [0.29, 0.717) is 0 Å². The van der Waals surface area contributed by atoms with Gasteiger partial charge in [-0.1, -0.05) is 70.3 Å². The van der Waals surface area contributed by atoms with E-state index in [1.165, 1.54) is 116 Å². The van der Waals surface area contributed by atoms with Crippen LogP contribution in [0.3, 0.4) is 0 Å². The Morgan fingerprint density at radius 1 is 0.529 bits per heavy atom. The zero-order chi connectivity index (χ0) is 23.6. The van der Waals surface area contributed by atoms with Crippen LogP contribution >= 0.6 is 0 Å². The summed E-state index contributed by atoms with van der Waals surface area (Å²) in [7, 11) is 0. The Kier molecular flexibility index (Phi) is 11.1. The van der Waals surface area contributed by atoms with Crippen molar-refractivity contribution >= 4 is 0 Å². The average molecular weight is 467 g/mol. The first-order chi connectivity index (χ1) is 16.7. The highest BCUT2D eigenvalue weighted by molar-refractivity contribution is 5.01. The SMILES string of the molecule is CCCCCC1C=CC(C2CCC(C3CCC(/C=C/C4CCC(CCC)CC4)CC3)CC2)CC1. The van der Waals surface area contributed by atoms with Crippen molar-refractivity contribution in [2.45, 2.75) is 142 Å². The third-order valence-corrected chi connectivity index (χ3v) is 10.8. The van der Waals surface area contributed by atoms with Crippen molar-refractivity contribution in [3.05, 3.63) is 24.3 Å². The van der Waals surface area contributed by atoms with Crippen LogP contribution in [0.2, 0.25) is 0 Å². The number of unbranched alkanes of at least 4 members (excludes halogenated alkanes) is 2. The second-order valence-corrected chi connectivity index (χ2v) is 13.2. The smallest absolute Gasteiger partial charge is 0.0205 e. The molecule has 194 valence electrons. The molecule has 0 aromatic carbocycles. The summed E-state index contributed by atoms with van der Waals surface area (Å²) in [6, 6.07) is 0. The molecule has 0 N–H and O–H groups in total. The number of hydrogen-bond donors (Lipinski definition) is 0. The van der Waals surface area contributed by atoms with Crippen LogP contribution < -0.4 is 0 Å². The highest BCUT2D eigenvalue weighted by Gasteiger charge is 2.33. The van der Waals surface area contributed by atoms with Gasteiger partial charge in [0, 0.05) is 0 Å². The lowest BCUT2D eigenvalue weighted by molar-refractivity contribution is 0.136. The molecule has 0 amide bonds. The van der Waals surface area contributed by atoms with Gasteiger partial charge in [0.2, 0.25) is 0 Å². The molecule has 0 aliphatic heterocycles. The maximum atomic E-state index is 2.67. The van der Waals surface area contributed by atoms with Crippen molar-refractivity contribution in [1.29, 1.82) is 0 Å². The molecule has 0 aromatic heterocycles. The Labute approximate surface area is 213 Å². The predicted octanol–water partition coefficient (Wildman–Crippen LogP) is 10.9. The van der Waals surface area contributed by atoms with Gasteiger partial charge in [-0.3, -0.25) is 0 Å². The molecule has 0 bridgehead atoms. The average Bonchev–Trinajstić information content (AvgIpc) is 2.89. The molecule has 4 aliphatic carbocycles. The van der Waals surface area contributed by atoms with Crippen LogP contribution in [0.15, 0.2) is 24.3 Å². The number of rotatable bonds is 10. The van der Waals surface area contributed by atoms with E-state index in [0.717, 1.165) is 47.3 Å². The summed E-state index contributed by atoms with van der Waals surface area (Å²) in [6.07, 6.45) is 40.2. The van der Waals surface area contributed by atoms with Crippen LogP contribution in [-0.4, -0.2) is 0 Å². The molecular formula is C34H58. The summed E-state index contributed by atoms with van der Waals surface area (Å²) < 4.78 is 0. The fraction of sp³-hybridized carbons (Fsp3) is 0.882. The maximum absolute atomic E-state index is 2.67. The van der Waals surface area contributed by atoms with Crippen molar-refractivity contribution < 1.29 is 0 Å². The van der Waals surface area contributed by atoms with E-state index in [2.05, 4.69) is 38.2 Å². The second kappa shape index (κ2) is 14.3. The summed E-state index contributed by atoms with van der Waals surface area (Å²) in [5.74, 6) is 7.79. The summed E-state index contributed by atoms with van der Waals surface area (Å²) >= 11 is 0. The molecule has 34 heavy (non-hydrogen) atoms. The molecule has 0 radical (unpaired) electrons. The molecule has 0 heterocycles. The molecule has 0 aromatic rings. The van der Waals surface area contributed by atoms with Crippen LogP contribution in [0, 0.1) is 47.3 Å². The Morgan fingerprint density at radius 2 is 1.12 bits per heavy atom. The fourth-order valence-electron chi connectivity index (χ4n) is 8.43. The zero-order valence-corrected chi connectivity index (χ0v) is 23.1. The van der Waals surface area contributed by atoms with Gasteiger partial charge in [0.25, 0.3) is 0 Å². The van der Waals surface area contributed by atoms with Gasteiger partial charge in [0.15, 0.2) is 0 Å². The van der Waals surface area contributed by atoms with E-state index in [-0.39, 0.29) is 0 Å². The van der Waals surface area contributed by atoms with Gasteiger partial charge in [-0.2, -0.15) is 0 Å². The van der Waals surface area contributed by atoms with Gasteiger partial charge < -0.3 is 0 Å². The second-order valence-electron chi connectivity index (χ2n) is 13.2. The molecule has 0 nitrogen and oxygen atoms in total. The van der Waals surface area contributed by atoms with E-state index in [4.69, 9.17) is 0 Å². The highest BCUT2D eigenvalue weighted by atomic mass is 14.4. The van der Waals surface area contributed by atoms with Crippen molar-refractivity contribution in [3.8, 4) is 0 Å². The molecule has 2 unspecified atom stereocenters. The first kappa shape index (κ1) is 26.5. The number of allylic oxidation sites excluding steroid dienone is 4. The molecule has 0 heteroatoms. The van der Waals surface area contributed by atoms with Crippen molar-refractivity contribution in [2.75, 3.05) is 0 Å². The van der Waals surface area contributed by atoms with Gasteiger partial charge in [0.1, 0.15) is 0 Å². The normalized spacial score (nSPS) is 39.5. The fourth-order valence-corrected chi connectivity index (χ4v) is 8.43. The predicted molar refractivity (Wildman–Crippen MR) is 150 cm³/mol. The van der Waals surface area contributed by atoms with Gasteiger partial charge in [-0.15, -0.1) is 0 Å². The Hall–Kier alpha value is -0.520. The van der Waals surface area contributed by atoms with Crippen LogP contribution in [0.1, 0.15) is 142 Å². The van der Waals surface area contributed by atoms with Crippen LogP contribution in [0.5, 0.6) is 0 Å². The van der Waals surface area contributed by atoms with Crippen molar-refractivity contribution in [2.24, 2.45) is 47.3 Å². The Morgan fingerprint density at radius 3 is 1.68 bits per heavy atom. The van der Waals surface area contributed by atoms with E-state index in [9.17, 15) is 0 Å². The largest absolute Gasteiger partial charge is 0.0851 e. The van der Waals surface area contributed by atoms with E-state index < -0.39 is 0 Å². The molecule has 3 fully saturated rings. The lowest BCUT2D eigenvalue weighted by Crippen LogP contribution is -2.28. The van der Waals surface area contributed by atoms with Crippen LogP contribution in [0.25, 0.3) is 0 Å². The molecule has 4 rings (SSSR count). The minimum absolute atomic E-state index is 0.901. The molecule has 3 saturated carbocycles. The quantitative estimate of drug-likeness (QED) is 0.222. The lowest BCUT2D eigenvalue weighted by Gasteiger charge is -2.40. The minimum atomic E-state index is 0.901. The zero-order valence-electron chi connectivity index (χ0n) is 23.1. The van der Waals surface area contributed by atoms with Crippen LogP contribution in [-0.2, 0) is 0 Å². The first-order valence-electron chi connectivity index (χ1n) is 16.1. The van der Waals surface area contributed by atoms with E-state index in [1.54, 1.807) is 12.8 Å². The lowest BCUT2D eigenvalue weighted by atomic mass is 9.66. The highest BCUT2D eigenvalue weighted by Crippen LogP contribution is 2.45. The monoisotopic (exact) mass is 466 g/mol. The van der Waals surface area contributed by atoms with Gasteiger partial charge in [-0.25, -0.2) is 0 Å². The maximum Gasteiger partial charge on any atom is -0.0205 e. The molecular weight excluding hydrogens is 408 g/mol. The molecule has 0 saturated heterocycles. The summed E-state index contributed by atoms with van der Waals surface area (Å²) in [5.41, 5.74) is 0. The molecule has 2 atom stereocenters. The summed E-state index contributed by atoms with van der Waals surface area (Å²) in [5, 5.41) is 0. The Bertz CT molecular complexity index is 590. The topological polar surface area (TPSA) is 0 Å². The van der Waals surface area contributed by atoms with Gasteiger partial charge in [-0.05, 0) is 144 Å². The van der Waals surface area contributed by atoms with E-state index >= 15 is 0 Å². The van der Waals surface area contributed by atoms with Gasteiger partial charge in [0.05, 0.1) is 0 Å². The van der Waals surface area contributed by atoms with Crippen molar-refractivity contribution in [1.82, 2.24) is 0 Å². The minimum Gasteiger partial charge on any atom is -0.0851 e. The summed E-state index contributed by atoms with van der Waals surface area (Å²) in [6.45, 7) is 4.68. The third-order valence-electron chi connectivity index (χ3n) is 10.8. The summed E-state index contributed by atoms with van der Waals surface area (Å²) in [4.78, 5) is 0. The van der Waals surface area contributed by atoms with Crippen molar-refractivity contribution in [3.63, 3.8) is 0 Å². The Balaban J connectivity index is 1.11. The van der Waals surface area contributed by atoms with Crippen LogP contribution in [0.4, 0.5) is 0 Å². The molecule has 0 spiro atoms. The van der Waals surface area contributed by atoms with Gasteiger partial charge >= 0.3 is 0 Å². The molecule has 4 aliphatic rings. The first-order valence-corrected chi connectivity index (χ1v) is 16.1. The standard InChI is InChI=1S/C34H58/c1-3-5-6-8-28-15-19-31(20-16-28)33-23-25-34(26-24-33)32-21-17-30(18-22-32)14-13-29-11-9-27(7-4-2)10-12-29/h13-15,19,27-34H,3-12,16-18,20-26H2,1-2H3/b14-13+. The number of hydrogen-bond acceptors (Lipinski definition) is 0.